The molecule has 1 aliphatic carbocycles. The first-order chi connectivity index (χ1) is 9.75. The maximum Gasteiger partial charge on any atom is 0.226 e. The lowest BCUT2D eigenvalue weighted by atomic mass is 10.0. The van der Waals surface area contributed by atoms with Gasteiger partial charge in [-0.15, -0.1) is 0 Å². The highest BCUT2D eigenvalue weighted by molar-refractivity contribution is 5.84. The molecule has 0 aromatic carbocycles. The fourth-order valence-corrected chi connectivity index (χ4v) is 4.52. The number of amides is 1. The van der Waals surface area contributed by atoms with Crippen molar-refractivity contribution in [3.63, 3.8) is 0 Å². The van der Waals surface area contributed by atoms with E-state index in [2.05, 4.69) is 37.5 Å². The van der Waals surface area contributed by atoms with Gasteiger partial charge in [0.25, 0.3) is 0 Å². The molecule has 1 unspecified atom stereocenters. The summed E-state index contributed by atoms with van der Waals surface area (Å²) in [5.74, 6) is 0.597. The zero-order valence-electron chi connectivity index (χ0n) is 14.1. The van der Waals surface area contributed by atoms with Gasteiger partial charge in [-0.2, -0.15) is 0 Å². The summed E-state index contributed by atoms with van der Waals surface area (Å²) in [5, 5.41) is 0. The Balaban J connectivity index is 1.57. The predicted molar refractivity (Wildman–Crippen MR) is 84.8 cm³/mol. The normalized spacial score (nSPS) is 33.4. The third-order valence-corrected chi connectivity index (χ3v) is 6.83. The highest BCUT2D eigenvalue weighted by atomic mass is 16.2. The van der Waals surface area contributed by atoms with Crippen LogP contribution < -0.4 is 5.73 Å². The molecule has 2 heterocycles. The summed E-state index contributed by atoms with van der Waals surface area (Å²) < 4.78 is 0. The highest BCUT2D eigenvalue weighted by Crippen LogP contribution is 2.68. The summed E-state index contributed by atoms with van der Waals surface area (Å²) in [6, 6.07) is 0.944. The molecule has 1 atom stereocenters. The fraction of sp³-hybridized carbons (Fsp3) is 0.941. The van der Waals surface area contributed by atoms with Crippen molar-refractivity contribution in [2.75, 3.05) is 26.2 Å². The monoisotopic (exact) mass is 293 g/mol. The van der Waals surface area contributed by atoms with Crippen molar-refractivity contribution in [1.29, 1.82) is 0 Å². The average Bonchev–Trinajstić information content (AvgIpc) is 2.78. The number of carbonyl (C=O) groups excluding carboxylic acids is 1. The summed E-state index contributed by atoms with van der Waals surface area (Å²) in [4.78, 5) is 17.5. The van der Waals surface area contributed by atoms with Crippen LogP contribution in [0.5, 0.6) is 0 Å². The lowest BCUT2D eigenvalue weighted by Crippen LogP contribution is -2.46. The molecule has 0 aromatic heterocycles. The van der Waals surface area contributed by atoms with E-state index in [0.717, 1.165) is 45.4 Å². The van der Waals surface area contributed by atoms with Gasteiger partial charge >= 0.3 is 0 Å². The van der Waals surface area contributed by atoms with E-state index in [9.17, 15) is 4.79 Å². The van der Waals surface area contributed by atoms with E-state index >= 15 is 0 Å². The number of nitrogens with zero attached hydrogens (tertiary/aromatic N) is 2. The van der Waals surface area contributed by atoms with Crippen LogP contribution in [0.3, 0.4) is 0 Å². The molecule has 4 heteroatoms. The molecule has 120 valence electrons. The lowest BCUT2D eigenvalue weighted by molar-refractivity contribution is -0.133. The molecule has 0 radical (unpaired) electrons. The first-order valence-electron chi connectivity index (χ1n) is 8.53. The van der Waals surface area contributed by atoms with Gasteiger partial charge in [-0.1, -0.05) is 27.7 Å². The predicted octanol–water partition coefficient (Wildman–Crippen LogP) is 1.69. The van der Waals surface area contributed by atoms with Gasteiger partial charge < -0.3 is 10.6 Å². The molecule has 1 amide bonds. The van der Waals surface area contributed by atoms with Gasteiger partial charge in [0.15, 0.2) is 0 Å². The first kappa shape index (κ1) is 15.3. The Kier molecular flexibility index (Phi) is 3.61. The fourth-order valence-electron chi connectivity index (χ4n) is 4.52. The lowest BCUT2D eigenvalue weighted by Gasteiger charge is -2.34. The maximum absolute atomic E-state index is 12.8. The Bertz CT molecular complexity index is 410. The molecule has 0 bridgehead atoms. The van der Waals surface area contributed by atoms with E-state index in [4.69, 9.17) is 5.73 Å². The minimum atomic E-state index is 0.153. The second kappa shape index (κ2) is 4.95. The van der Waals surface area contributed by atoms with Crippen molar-refractivity contribution in [2.45, 2.75) is 59.0 Å². The van der Waals surface area contributed by atoms with E-state index in [1.165, 1.54) is 0 Å². The van der Waals surface area contributed by atoms with E-state index in [1.54, 1.807) is 0 Å². The summed E-state index contributed by atoms with van der Waals surface area (Å²) in [7, 11) is 0. The summed E-state index contributed by atoms with van der Waals surface area (Å²) >= 11 is 0. The minimum absolute atomic E-state index is 0.153. The second-order valence-corrected chi connectivity index (χ2v) is 8.48. The molecule has 2 saturated heterocycles. The number of nitrogens with two attached hydrogens (primary N) is 1. The van der Waals surface area contributed by atoms with Gasteiger partial charge in [0.1, 0.15) is 0 Å². The number of hydrogen-bond donors (Lipinski definition) is 1. The van der Waals surface area contributed by atoms with Crippen LogP contribution in [0.2, 0.25) is 0 Å². The molecule has 2 N–H and O–H groups in total. The van der Waals surface area contributed by atoms with Gasteiger partial charge in [0, 0.05) is 31.1 Å². The van der Waals surface area contributed by atoms with Crippen LogP contribution in [0.15, 0.2) is 0 Å². The van der Waals surface area contributed by atoms with E-state index in [0.29, 0.717) is 18.0 Å². The van der Waals surface area contributed by atoms with E-state index in [1.807, 2.05) is 0 Å². The topological polar surface area (TPSA) is 49.6 Å². The maximum atomic E-state index is 12.8. The van der Waals surface area contributed by atoms with Gasteiger partial charge in [-0.05, 0) is 43.2 Å². The Morgan fingerprint density at radius 3 is 2.10 bits per heavy atom. The van der Waals surface area contributed by atoms with Crippen LogP contribution >= 0.6 is 0 Å². The van der Waals surface area contributed by atoms with E-state index < -0.39 is 0 Å². The van der Waals surface area contributed by atoms with Crippen LogP contribution in [-0.2, 0) is 4.79 Å². The van der Waals surface area contributed by atoms with Crippen molar-refractivity contribution >= 4 is 5.91 Å². The Morgan fingerprint density at radius 1 is 1.00 bits per heavy atom. The van der Waals surface area contributed by atoms with Crippen molar-refractivity contribution < 1.29 is 4.79 Å². The zero-order valence-corrected chi connectivity index (χ0v) is 14.1. The van der Waals surface area contributed by atoms with Gasteiger partial charge in [0.05, 0.1) is 0 Å². The van der Waals surface area contributed by atoms with Gasteiger partial charge in [-0.3, -0.25) is 9.69 Å². The summed E-state index contributed by atoms with van der Waals surface area (Å²) in [5.41, 5.74) is 6.29. The van der Waals surface area contributed by atoms with Crippen LogP contribution in [0.4, 0.5) is 0 Å². The SMILES string of the molecule is CC1(C)C(C(=O)N2CCC(N3CCC(N)CC3)C2)C1(C)C. The number of carbonyl (C=O) groups is 1. The average molecular weight is 293 g/mol. The molecule has 0 aromatic rings. The third kappa shape index (κ3) is 2.40. The second-order valence-electron chi connectivity index (χ2n) is 8.48. The first-order valence-corrected chi connectivity index (χ1v) is 8.53. The van der Waals surface area contributed by atoms with Gasteiger partial charge in [-0.25, -0.2) is 0 Å². The number of hydrogen-bond acceptors (Lipinski definition) is 3. The quantitative estimate of drug-likeness (QED) is 0.843. The molecule has 21 heavy (non-hydrogen) atoms. The van der Waals surface area contributed by atoms with Crippen molar-refractivity contribution in [3.8, 4) is 0 Å². The van der Waals surface area contributed by atoms with Crippen LogP contribution in [0.25, 0.3) is 0 Å². The van der Waals surface area contributed by atoms with Crippen molar-refractivity contribution in [3.05, 3.63) is 0 Å². The Labute approximate surface area is 129 Å². The van der Waals surface area contributed by atoms with Gasteiger partial charge in [0.2, 0.25) is 5.91 Å². The van der Waals surface area contributed by atoms with Crippen LogP contribution in [0.1, 0.15) is 47.0 Å². The summed E-state index contributed by atoms with van der Waals surface area (Å²) in [6.45, 7) is 13.0. The molecule has 3 aliphatic rings. The molecular weight excluding hydrogens is 262 g/mol. The molecule has 3 rings (SSSR count). The standard InChI is InChI=1S/C17H31N3O/c1-16(2)14(17(16,3)4)15(21)20-10-7-13(11-20)19-8-5-12(18)6-9-19/h12-14H,5-11,18H2,1-4H3. The smallest absolute Gasteiger partial charge is 0.226 e. The minimum Gasteiger partial charge on any atom is -0.341 e. The van der Waals surface area contributed by atoms with Crippen LogP contribution in [-0.4, -0.2) is 54.0 Å². The molecule has 0 spiro atoms. The summed E-state index contributed by atoms with van der Waals surface area (Å²) in [6.07, 6.45) is 3.34. The molecule has 1 saturated carbocycles. The molecular formula is C17H31N3O. The van der Waals surface area contributed by atoms with Crippen molar-refractivity contribution in [1.82, 2.24) is 9.80 Å². The Morgan fingerprint density at radius 2 is 1.57 bits per heavy atom. The molecule has 4 nitrogen and oxygen atoms in total. The Hall–Kier alpha value is -0.610. The molecule has 2 aliphatic heterocycles. The number of rotatable bonds is 2. The largest absolute Gasteiger partial charge is 0.341 e. The molecule has 3 fully saturated rings. The highest BCUT2D eigenvalue weighted by Gasteiger charge is 2.69. The van der Waals surface area contributed by atoms with Crippen LogP contribution in [0, 0.1) is 16.7 Å². The zero-order chi connectivity index (χ0) is 15.4. The van der Waals surface area contributed by atoms with E-state index in [-0.39, 0.29) is 16.7 Å². The van der Waals surface area contributed by atoms with Crippen molar-refractivity contribution in [2.24, 2.45) is 22.5 Å². The third-order valence-electron chi connectivity index (χ3n) is 6.83. The number of likely N-dealkylation sites (tertiary alicyclic amines) is 2. The number of piperidine rings is 1.